The topological polar surface area (TPSA) is 89.8 Å². The predicted molar refractivity (Wildman–Crippen MR) is 99.9 cm³/mol. The molecule has 0 saturated carbocycles. The Hall–Kier alpha value is -3.19. The summed E-state index contributed by atoms with van der Waals surface area (Å²) >= 11 is 5.90. The number of benzene rings is 2. The number of hydrazine groups is 1. The fourth-order valence-electron chi connectivity index (χ4n) is 2.34. The number of fused-ring (bicyclic) bond motifs is 1. The summed E-state index contributed by atoms with van der Waals surface area (Å²) in [7, 11) is 0. The number of rotatable bonds is 6. The van der Waals surface area contributed by atoms with Gasteiger partial charge in [-0.2, -0.15) is 0 Å². The number of carbonyl (C=O) groups excluding carboxylic acids is 2. The molecule has 0 spiro atoms. The highest BCUT2D eigenvalue weighted by atomic mass is 35.5. The number of para-hydroxylation sites is 2. The summed E-state index contributed by atoms with van der Waals surface area (Å²) in [5.74, 6) is -0.0952. The Balaban J connectivity index is 1.53. The molecule has 0 bridgehead atoms. The number of halogens is 1. The predicted octanol–water partition coefficient (Wildman–Crippen LogP) is 3.32. The third-order valence-electron chi connectivity index (χ3n) is 3.53. The molecule has 1 heterocycles. The van der Waals surface area contributed by atoms with E-state index in [9.17, 15) is 9.59 Å². The van der Waals surface area contributed by atoms with Gasteiger partial charge >= 0.3 is 5.91 Å². The minimum atomic E-state index is -0.592. The Morgan fingerprint density at radius 2 is 1.78 bits per heavy atom. The van der Waals surface area contributed by atoms with Gasteiger partial charge in [0.1, 0.15) is 5.58 Å². The minimum absolute atomic E-state index is 0.0511. The molecule has 7 nitrogen and oxygen atoms in total. The molecular formula is C19H17ClN2O5. The second-order valence-corrected chi connectivity index (χ2v) is 5.90. The molecular weight excluding hydrogens is 372 g/mol. The van der Waals surface area contributed by atoms with Gasteiger partial charge in [0, 0.05) is 10.4 Å². The maximum atomic E-state index is 12.1. The quantitative estimate of drug-likeness (QED) is 0.632. The monoisotopic (exact) mass is 388 g/mol. The molecule has 3 aromatic rings. The molecule has 0 aliphatic heterocycles. The molecule has 0 aliphatic carbocycles. The van der Waals surface area contributed by atoms with Gasteiger partial charge in [0.2, 0.25) is 0 Å². The standard InChI is InChI=1S/C19H17ClN2O5/c1-2-25-15-5-3-4-6-16(15)26-11-18(23)21-22-19(24)17-10-12-9-13(20)7-8-14(12)27-17/h3-10H,2,11H2,1H3,(H,21,23)(H,22,24). The molecule has 2 aromatic carbocycles. The first-order valence-electron chi connectivity index (χ1n) is 8.19. The van der Waals surface area contributed by atoms with E-state index < -0.39 is 11.8 Å². The van der Waals surface area contributed by atoms with Gasteiger partial charge in [-0.05, 0) is 43.3 Å². The summed E-state index contributed by atoms with van der Waals surface area (Å²) in [6.45, 7) is 2.04. The second-order valence-electron chi connectivity index (χ2n) is 5.46. The highest BCUT2D eigenvalue weighted by molar-refractivity contribution is 6.31. The highest BCUT2D eigenvalue weighted by Crippen LogP contribution is 2.26. The Kier molecular flexibility index (Phi) is 5.83. The van der Waals surface area contributed by atoms with Crippen molar-refractivity contribution in [3.05, 3.63) is 59.3 Å². The smallest absolute Gasteiger partial charge is 0.305 e. The van der Waals surface area contributed by atoms with Crippen LogP contribution in [0.15, 0.2) is 52.9 Å². The first kappa shape index (κ1) is 18.6. The van der Waals surface area contributed by atoms with E-state index in [0.29, 0.717) is 34.1 Å². The Labute approximate surface area is 160 Å². The van der Waals surface area contributed by atoms with Crippen LogP contribution in [0, 0.1) is 0 Å². The lowest BCUT2D eigenvalue weighted by molar-refractivity contribution is -0.123. The lowest BCUT2D eigenvalue weighted by Gasteiger charge is -2.11. The van der Waals surface area contributed by atoms with Crippen molar-refractivity contribution in [2.75, 3.05) is 13.2 Å². The van der Waals surface area contributed by atoms with Gasteiger partial charge in [-0.1, -0.05) is 23.7 Å². The zero-order chi connectivity index (χ0) is 19.2. The lowest BCUT2D eigenvalue weighted by atomic mass is 10.2. The molecule has 27 heavy (non-hydrogen) atoms. The number of nitrogens with one attached hydrogen (secondary N) is 2. The van der Waals surface area contributed by atoms with Crippen molar-refractivity contribution in [3.63, 3.8) is 0 Å². The SMILES string of the molecule is CCOc1ccccc1OCC(=O)NNC(=O)c1cc2cc(Cl)ccc2o1. The van der Waals surface area contributed by atoms with Crippen LogP contribution >= 0.6 is 11.6 Å². The Morgan fingerprint density at radius 1 is 1.04 bits per heavy atom. The number of hydrogen-bond acceptors (Lipinski definition) is 5. The molecule has 2 N–H and O–H groups in total. The van der Waals surface area contributed by atoms with Crippen LogP contribution in [0.1, 0.15) is 17.5 Å². The number of furan rings is 1. The van der Waals surface area contributed by atoms with E-state index in [0.717, 1.165) is 0 Å². The van der Waals surface area contributed by atoms with Gasteiger partial charge in [-0.3, -0.25) is 20.4 Å². The summed E-state index contributed by atoms with van der Waals surface area (Å²) in [5.41, 5.74) is 5.06. The normalized spacial score (nSPS) is 10.4. The van der Waals surface area contributed by atoms with E-state index >= 15 is 0 Å². The van der Waals surface area contributed by atoms with Crippen molar-refractivity contribution < 1.29 is 23.5 Å². The molecule has 8 heteroatoms. The first-order valence-corrected chi connectivity index (χ1v) is 8.57. The zero-order valence-corrected chi connectivity index (χ0v) is 15.2. The molecule has 0 fully saturated rings. The van der Waals surface area contributed by atoms with E-state index in [1.165, 1.54) is 6.07 Å². The van der Waals surface area contributed by atoms with Crippen LogP contribution in [-0.2, 0) is 4.79 Å². The van der Waals surface area contributed by atoms with E-state index in [2.05, 4.69) is 10.9 Å². The largest absolute Gasteiger partial charge is 0.490 e. The fourth-order valence-corrected chi connectivity index (χ4v) is 2.52. The minimum Gasteiger partial charge on any atom is -0.490 e. The molecule has 0 radical (unpaired) electrons. The van der Waals surface area contributed by atoms with Gasteiger partial charge in [-0.25, -0.2) is 0 Å². The Bertz CT molecular complexity index is 970. The summed E-state index contributed by atoms with van der Waals surface area (Å²) < 4.78 is 16.3. The molecule has 3 rings (SSSR count). The Morgan fingerprint density at radius 3 is 2.52 bits per heavy atom. The summed E-state index contributed by atoms with van der Waals surface area (Å²) in [6, 6.07) is 13.6. The van der Waals surface area contributed by atoms with Crippen molar-refractivity contribution >= 4 is 34.4 Å². The number of ether oxygens (including phenoxy) is 2. The van der Waals surface area contributed by atoms with Crippen LogP contribution in [0.5, 0.6) is 11.5 Å². The van der Waals surface area contributed by atoms with Crippen molar-refractivity contribution in [3.8, 4) is 11.5 Å². The van der Waals surface area contributed by atoms with Gasteiger partial charge in [0.05, 0.1) is 6.61 Å². The average Bonchev–Trinajstić information content (AvgIpc) is 3.09. The van der Waals surface area contributed by atoms with Gasteiger partial charge in [-0.15, -0.1) is 0 Å². The van der Waals surface area contributed by atoms with E-state index in [-0.39, 0.29) is 12.4 Å². The average molecular weight is 389 g/mol. The van der Waals surface area contributed by atoms with E-state index in [1.807, 2.05) is 6.92 Å². The lowest BCUT2D eigenvalue weighted by Crippen LogP contribution is -2.43. The summed E-state index contributed by atoms with van der Waals surface area (Å²) in [6.07, 6.45) is 0. The van der Waals surface area contributed by atoms with Crippen LogP contribution in [0.4, 0.5) is 0 Å². The molecule has 0 saturated heterocycles. The van der Waals surface area contributed by atoms with Gasteiger partial charge in [0.15, 0.2) is 23.9 Å². The van der Waals surface area contributed by atoms with Gasteiger partial charge in [0.25, 0.3) is 5.91 Å². The van der Waals surface area contributed by atoms with Crippen molar-refractivity contribution in [1.82, 2.24) is 10.9 Å². The van der Waals surface area contributed by atoms with Crippen molar-refractivity contribution in [1.29, 1.82) is 0 Å². The van der Waals surface area contributed by atoms with Crippen LogP contribution in [-0.4, -0.2) is 25.0 Å². The second kappa shape index (κ2) is 8.46. The zero-order valence-electron chi connectivity index (χ0n) is 14.5. The summed E-state index contributed by atoms with van der Waals surface area (Å²) in [5, 5.41) is 1.22. The maximum absolute atomic E-state index is 12.1. The summed E-state index contributed by atoms with van der Waals surface area (Å²) in [4.78, 5) is 24.0. The molecule has 1 aromatic heterocycles. The molecule has 0 aliphatic rings. The number of carbonyl (C=O) groups is 2. The van der Waals surface area contributed by atoms with Crippen molar-refractivity contribution in [2.45, 2.75) is 6.92 Å². The molecule has 140 valence electrons. The molecule has 0 unspecified atom stereocenters. The van der Waals surface area contributed by atoms with Crippen LogP contribution in [0.25, 0.3) is 11.0 Å². The van der Waals surface area contributed by atoms with E-state index in [1.54, 1.807) is 42.5 Å². The fraction of sp³-hybridized carbons (Fsp3) is 0.158. The third kappa shape index (κ3) is 4.71. The third-order valence-corrected chi connectivity index (χ3v) is 3.76. The first-order chi connectivity index (χ1) is 13.1. The highest BCUT2D eigenvalue weighted by Gasteiger charge is 2.14. The van der Waals surface area contributed by atoms with Crippen LogP contribution in [0.2, 0.25) is 5.02 Å². The maximum Gasteiger partial charge on any atom is 0.305 e. The molecule has 0 atom stereocenters. The molecule has 2 amide bonds. The van der Waals surface area contributed by atoms with E-state index in [4.69, 9.17) is 25.5 Å². The van der Waals surface area contributed by atoms with Crippen molar-refractivity contribution in [2.24, 2.45) is 0 Å². The van der Waals surface area contributed by atoms with Gasteiger partial charge < -0.3 is 13.9 Å². The number of amides is 2. The van der Waals surface area contributed by atoms with Crippen LogP contribution < -0.4 is 20.3 Å². The van der Waals surface area contributed by atoms with Crippen LogP contribution in [0.3, 0.4) is 0 Å². The number of hydrogen-bond donors (Lipinski definition) is 2.